The summed E-state index contributed by atoms with van der Waals surface area (Å²) in [7, 11) is 0. The Kier molecular flexibility index (Phi) is 7.62. The Bertz CT molecular complexity index is 832. The fourth-order valence-electron chi connectivity index (χ4n) is 3.11. The Hall–Kier alpha value is -2.43. The second-order valence-corrected chi connectivity index (χ2v) is 7.12. The van der Waals surface area contributed by atoms with Crippen LogP contribution in [0.3, 0.4) is 0 Å². The van der Waals surface area contributed by atoms with Gasteiger partial charge in [-0.05, 0) is 23.7 Å². The van der Waals surface area contributed by atoms with E-state index >= 15 is 0 Å². The lowest BCUT2D eigenvalue weighted by atomic mass is 10.1. The fraction of sp³-hybridized carbons (Fsp3) is 0.500. The van der Waals surface area contributed by atoms with Gasteiger partial charge >= 0.3 is 11.8 Å². The molecule has 9 nitrogen and oxygen atoms in total. The molecule has 1 unspecified atom stereocenters. The van der Waals surface area contributed by atoms with Crippen LogP contribution in [0.2, 0.25) is 5.02 Å². The molecule has 2 aliphatic rings. The predicted octanol–water partition coefficient (Wildman–Crippen LogP) is 1.71. The Morgan fingerprint density at radius 2 is 2.10 bits per heavy atom. The summed E-state index contributed by atoms with van der Waals surface area (Å²) in [5.74, 6) is -0.580. The number of amides is 2. The summed E-state index contributed by atoms with van der Waals surface area (Å²) < 4.78 is 22.2. The molecule has 2 saturated heterocycles. The van der Waals surface area contributed by atoms with Crippen LogP contribution >= 0.6 is 11.6 Å². The van der Waals surface area contributed by atoms with Gasteiger partial charge in [0.25, 0.3) is 5.95 Å². The quantitative estimate of drug-likeness (QED) is 0.772. The number of carbonyl (C=O) groups excluding carboxylic acids is 1. The smallest absolute Gasteiger partial charge is 0.380 e. The molecule has 1 aromatic heterocycles. The van der Waals surface area contributed by atoms with E-state index in [0.29, 0.717) is 32.8 Å². The van der Waals surface area contributed by atoms with E-state index in [-0.39, 0.29) is 28.7 Å². The van der Waals surface area contributed by atoms with Gasteiger partial charge in [-0.15, -0.1) is 0 Å². The van der Waals surface area contributed by atoms with Crippen LogP contribution in [0.1, 0.15) is 6.42 Å². The van der Waals surface area contributed by atoms with Gasteiger partial charge in [-0.1, -0.05) is 23.7 Å². The highest BCUT2D eigenvalue weighted by molar-refractivity contribution is 6.30. The van der Waals surface area contributed by atoms with Crippen LogP contribution in [0.5, 0.6) is 0 Å². The maximum Gasteiger partial charge on any atom is 0.440 e. The minimum absolute atomic E-state index is 0.157. The average Bonchev–Trinajstić information content (AvgIpc) is 2.98. The number of urea groups is 1. The molecule has 29 heavy (non-hydrogen) atoms. The predicted molar refractivity (Wildman–Crippen MR) is 105 cm³/mol. The fourth-order valence-corrected chi connectivity index (χ4v) is 3.25. The summed E-state index contributed by atoms with van der Waals surface area (Å²) in [5.41, 5.74) is 0. The first-order valence-electron chi connectivity index (χ1n) is 9.35. The first kappa shape index (κ1) is 21.3. The van der Waals surface area contributed by atoms with Gasteiger partial charge in [0.2, 0.25) is 0 Å². The standard InChI is InChI=1S/C12H19N5O4.C6H4ClF/c18-11-14-10(15-21-11)17-4-1-3-16(12(17)19)7-9-6-13-2-5-20-8-9;7-5-3-1-2-4-6(5)8/h9,13H,1-8H2,(H,14,15,18);1-4H. The highest BCUT2D eigenvalue weighted by atomic mass is 35.5. The van der Waals surface area contributed by atoms with E-state index in [1.165, 1.54) is 17.0 Å². The van der Waals surface area contributed by atoms with E-state index < -0.39 is 5.76 Å². The third-order valence-electron chi connectivity index (χ3n) is 4.51. The van der Waals surface area contributed by atoms with E-state index in [9.17, 15) is 14.0 Å². The molecule has 158 valence electrons. The molecule has 4 rings (SSSR count). The van der Waals surface area contributed by atoms with E-state index in [1.54, 1.807) is 17.0 Å². The topological polar surface area (TPSA) is 104 Å². The Morgan fingerprint density at radius 3 is 2.79 bits per heavy atom. The van der Waals surface area contributed by atoms with E-state index in [2.05, 4.69) is 20.0 Å². The lowest BCUT2D eigenvalue weighted by molar-refractivity contribution is 0.107. The molecule has 1 aromatic carbocycles. The molecule has 0 radical (unpaired) electrons. The van der Waals surface area contributed by atoms with Crippen LogP contribution in [0.15, 0.2) is 33.6 Å². The number of H-pyrrole nitrogens is 1. The number of anilines is 1. The molecule has 0 saturated carbocycles. The zero-order valence-electron chi connectivity index (χ0n) is 15.8. The lowest BCUT2D eigenvalue weighted by Crippen LogP contribution is -2.52. The van der Waals surface area contributed by atoms with Crippen LogP contribution in [0, 0.1) is 11.7 Å². The van der Waals surface area contributed by atoms with Crippen molar-refractivity contribution in [3.05, 3.63) is 45.7 Å². The van der Waals surface area contributed by atoms with E-state index in [0.717, 1.165) is 19.5 Å². The summed E-state index contributed by atoms with van der Waals surface area (Å²) in [4.78, 5) is 29.1. The van der Waals surface area contributed by atoms with Gasteiger partial charge in [-0.2, -0.15) is 0 Å². The number of nitrogens with zero attached hydrogens (tertiary/aromatic N) is 3. The van der Waals surface area contributed by atoms with Gasteiger partial charge in [-0.3, -0.25) is 14.4 Å². The third kappa shape index (κ3) is 6.02. The molecule has 11 heteroatoms. The van der Waals surface area contributed by atoms with Gasteiger partial charge in [0.05, 0.1) is 18.2 Å². The SMILES string of the molecule is Fc1ccccc1Cl.O=C1N(CC2CNCCOC2)CCCN1c1noc(=O)[nH]1. The van der Waals surface area contributed by atoms with Crippen molar-refractivity contribution < 1.29 is 18.4 Å². The maximum atomic E-state index is 12.5. The number of benzene rings is 1. The van der Waals surface area contributed by atoms with Gasteiger partial charge in [0.1, 0.15) is 5.82 Å². The molecule has 0 bridgehead atoms. The van der Waals surface area contributed by atoms with Gasteiger partial charge in [0, 0.05) is 38.6 Å². The summed E-state index contributed by atoms with van der Waals surface area (Å²) in [6, 6.07) is 5.96. The van der Waals surface area contributed by atoms with Crippen molar-refractivity contribution in [3.8, 4) is 0 Å². The van der Waals surface area contributed by atoms with Gasteiger partial charge in [0.15, 0.2) is 0 Å². The average molecular weight is 428 g/mol. The summed E-state index contributed by atoms with van der Waals surface area (Å²) >= 11 is 5.33. The number of nitrogens with one attached hydrogen (secondary N) is 2. The molecule has 2 N–H and O–H groups in total. The molecule has 3 heterocycles. The molecule has 2 aliphatic heterocycles. The molecule has 2 aromatic rings. The van der Waals surface area contributed by atoms with Crippen molar-refractivity contribution in [2.24, 2.45) is 5.92 Å². The van der Waals surface area contributed by atoms with Crippen LogP contribution in [0.4, 0.5) is 15.1 Å². The second-order valence-electron chi connectivity index (χ2n) is 6.71. The molecule has 1 atom stereocenters. The van der Waals surface area contributed by atoms with Crippen LogP contribution < -0.4 is 16.0 Å². The second kappa shape index (κ2) is 10.4. The molecule has 0 spiro atoms. The third-order valence-corrected chi connectivity index (χ3v) is 4.81. The maximum absolute atomic E-state index is 12.5. The largest absolute Gasteiger partial charge is 0.440 e. The van der Waals surface area contributed by atoms with Crippen LogP contribution in [-0.2, 0) is 4.74 Å². The minimum atomic E-state index is -0.656. The van der Waals surface area contributed by atoms with Gasteiger partial charge in [-0.25, -0.2) is 14.0 Å². The molecule has 0 aliphatic carbocycles. The van der Waals surface area contributed by atoms with Crippen molar-refractivity contribution in [3.63, 3.8) is 0 Å². The zero-order chi connectivity index (χ0) is 20.6. The van der Waals surface area contributed by atoms with Crippen molar-refractivity contribution in [1.29, 1.82) is 0 Å². The highest BCUT2D eigenvalue weighted by Crippen LogP contribution is 2.16. The first-order valence-corrected chi connectivity index (χ1v) is 9.73. The highest BCUT2D eigenvalue weighted by Gasteiger charge is 2.30. The Labute approximate surface area is 171 Å². The van der Waals surface area contributed by atoms with Gasteiger partial charge < -0.3 is 15.0 Å². The van der Waals surface area contributed by atoms with Crippen molar-refractivity contribution >= 4 is 23.6 Å². The molecule has 2 amide bonds. The zero-order valence-corrected chi connectivity index (χ0v) is 16.5. The van der Waals surface area contributed by atoms with Crippen molar-refractivity contribution in [2.75, 3.05) is 50.8 Å². The number of hydrogen-bond acceptors (Lipinski definition) is 6. The summed E-state index contributed by atoms with van der Waals surface area (Å²) in [6.07, 6.45) is 0.821. The molecular formula is C18H23ClFN5O4. The van der Waals surface area contributed by atoms with Crippen molar-refractivity contribution in [2.45, 2.75) is 6.42 Å². The number of ether oxygens (including phenoxy) is 1. The number of aromatic amines is 1. The van der Waals surface area contributed by atoms with Crippen LogP contribution in [0.25, 0.3) is 0 Å². The number of aromatic nitrogens is 2. The molecule has 2 fully saturated rings. The van der Waals surface area contributed by atoms with E-state index in [1.807, 2.05) is 0 Å². The Morgan fingerprint density at radius 1 is 1.28 bits per heavy atom. The Balaban J connectivity index is 0.000000252. The van der Waals surface area contributed by atoms with Crippen LogP contribution in [-0.4, -0.2) is 67.0 Å². The normalized spacial score (nSPS) is 20.1. The number of halogens is 2. The van der Waals surface area contributed by atoms with Crippen molar-refractivity contribution in [1.82, 2.24) is 20.4 Å². The minimum Gasteiger partial charge on any atom is -0.380 e. The monoisotopic (exact) mass is 427 g/mol. The first-order chi connectivity index (χ1) is 14.0. The number of rotatable bonds is 3. The number of hydrogen-bond donors (Lipinski definition) is 2. The molecular weight excluding hydrogens is 405 g/mol. The summed E-state index contributed by atoms with van der Waals surface area (Å²) in [5, 5.41) is 7.05. The lowest BCUT2D eigenvalue weighted by Gasteiger charge is -2.35. The summed E-state index contributed by atoms with van der Waals surface area (Å²) in [6.45, 7) is 4.89. The van der Waals surface area contributed by atoms with E-state index in [4.69, 9.17) is 16.3 Å². The number of carbonyl (C=O) groups is 1.